The van der Waals surface area contributed by atoms with Crippen molar-refractivity contribution in [3.8, 4) is 0 Å². The molecule has 1 aromatic carbocycles. The fourth-order valence-corrected chi connectivity index (χ4v) is 3.35. The summed E-state index contributed by atoms with van der Waals surface area (Å²) in [6, 6.07) is 7.91. The highest BCUT2D eigenvalue weighted by molar-refractivity contribution is 5.77. The Bertz CT molecular complexity index is 628. The normalized spacial score (nSPS) is 17.0. The lowest BCUT2D eigenvalue weighted by atomic mass is 9.94. The van der Waals surface area contributed by atoms with Gasteiger partial charge in [0.05, 0.1) is 17.1 Å². The molecule has 1 saturated heterocycles. The van der Waals surface area contributed by atoms with Gasteiger partial charge in [0.25, 0.3) is 0 Å². The first-order valence-corrected chi connectivity index (χ1v) is 9.08. The molecule has 3 rings (SSSR count). The van der Waals surface area contributed by atoms with Crippen LogP contribution < -0.4 is 5.32 Å². The maximum atomic E-state index is 12.3. The van der Waals surface area contributed by atoms with Gasteiger partial charge in [-0.2, -0.15) is 0 Å². The molecule has 1 atom stereocenters. The van der Waals surface area contributed by atoms with Gasteiger partial charge in [0.15, 0.2) is 0 Å². The molecule has 0 saturated carbocycles. The molecule has 0 unspecified atom stereocenters. The van der Waals surface area contributed by atoms with Gasteiger partial charge in [0.1, 0.15) is 5.82 Å². The summed E-state index contributed by atoms with van der Waals surface area (Å²) < 4.78 is 5.38. The summed E-state index contributed by atoms with van der Waals surface area (Å²) in [6.07, 6.45) is 5.77. The lowest BCUT2D eigenvalue weighted by Gasteiger charge is -2.21. The Morgan fingerprint density at radius 1 is 1.38 bits per heavy atom. The number of nitrogens with zero attached hydrogens (tertiary/aromatic N) is 1. The van der Waals surface area contributed by atoms with E-state index < -0.39 is 0 Å². The average molecular weight is 329 g/mol. The van der Waals surface area contributed by atoms with Crippen LogP contribution in [-0.2, 0) is 9.53 Å². The molecule has 1 amide bonds. The monoisotopic (exact) mass is 329 g/mol. The van der Waals surface area contributed by atoms with E-state index in [0.717, 1.165) is 68.1 Å². The number of imidazole rings is 1. The van der Waals surface area contributed by atoms with Crippen molar-refractivity contribution in [3.63, 3.8) is 0 Å². The summed E-state index contributed by atoms with van der Waals surface area (Å²) in [5, 5.41) is 3.12. The third-order valence-corrected chi connectivity index (χ3v) is 4.84. The fraction of sp³-hybridized carbons (Fsp3) is 0.579. The predicted octanol–water partition coefficient (Wildman–Crippen LogP) is 3.73. The zero-order valence-electron chi connectivity index (χ0n) is 14.4. The molecule has 0 aliphatic carbocycles. The van der Waals surface area contributed by atoms with Crippen LogP contribution in [-0.4, -0.2) is 29.1 Å². The van der Waals surface area contributed by atoms with Crippen LogP contribution in [0.2, 0.25) is 0 Å². The second kappa shape index (κ2) is 8.29. The second-order valence-electron chi connectivity index (χ2n) is 6.62. The number of rotatable bonds is 7. The van der Waals surface area contributed by atoms with Crippen LogP contribution in [0, 0.1) is 5.92 Å². The number of amides is 1. The number of H-pyrrole nitrogens is 1. The Hall–Kier alpha value is -1.88. The van der Waals surface area contributed by atoms with E-state index in [-0.39, 0.29) is 11.9 Å². The lowest BCUT2D eigenvalue weighted by Crippen LogP contribution is -2.28. The number of fused-ring (bicyclic) bond motifs is 1. The van der Waals surface area contributed by atoms with Crippen LogP contribution in [0.4, 0.5) is 0 Å². The average Bonchev–Trinajstić information content (AvgIpc) is 3.04. The first kappa shape index (κ1) is 17.0. The molecule has 0 radical (unpaired) electrons. The van der Waals surface area contributed by atoms with Crippen LogP contribution in [0.5, 0.6) is 0 Å². The molecule has 5 nitrogen and oxygen atoms in total. The molecule has 24 heavy (non-hydrogen) atoms. The molecule has 2 heterocycles. The van der Waals surface area contributed by atoms with E-state index in [4.69, 9.17) is 4.74 Å². The minimum Gasteiger partial charge on any atom is -0.381 e. The van der Waals surface area contributed by atoms with Crippen molar-refractivity contribution in [1.82, 2.24) is 15.3 Å². The first-order chi connectivity index (χ1) is 11.8. The molecular formula is C19H27N3O2. The largest absolute Gasteiger partial charge is 0.381 e. The number of nitrogens with one attached hydrogen (secondary N) is 2. The zero-order chi connectivity index (χ0) is 16.8. The minimum absolute atomic E-state index is 0.0482. The Morgan fingerprint density at radius 2 is 2.17 bits per heavy atom. The summed E-state index contributed by atoms with van der Waals surface area (Å²) in [5.41, 5.74) is 1.96. The number of hydrogen-bond acceptors (Lipinski definition) is 3. The highest BCUT2D eigenvalue weighted by Crippen LogP contribution is 2.21. The number of carbonyl (C=O) groups is 1. The maximum Gasteiger partial charge on any atom is 0.220 e. The van der Waals surface area contributed by atoms with Gasteiger partial charge < -0.3 is 15.0 Å². The highest BCUT2D eigenvalue weighted by atomic mass is 16.5. The number of para-hydroxylation sites is 2. The van der Waals surface area contributed by atoms with Crippen LogP contribution in [0.15, 0.2) is 24.3 Å². The SMILES string of the molecule is CC[C@@H](NC(=O)CCCC1CCOCC1)c1nc2ccccc2[nH]1. The van der Waals surface area contributed by atoms with E-state index in [1.54, 1.807) is 0 Å². The molecule has 0 bridgehead atoms. The molecule has 130 valence electrons. The van der Waals surface area contributed by atoms with E-state index in [2.05, 4.69) is 22.2 Å². The standard InChI is InChI=1S/C19H27N3O2/c1-2-15(19-21-16-7-3-4-8-17(16)22-19)20-18(23)9-5-6-14-10-12-24-13-11-14/h3-4,7-8,14-15H,2,5-6,9-13H2,1H3,(H,20,23)(H,21,22)/t15-/m1/s1. The third kappa shape index (κ3) is 4.35. The summed E-state index contributed by atoms with van der Waals surface area (Å²) in [4.78, 5) is 20.2. The van der Waals surface area contributed by atoms with Crippen molar-refractivity contribution in [3.05, 3.63) is 30.1 Å². The van der Waals surface area contributed by atoms with Crippen molar-refractivity contribution in [2.45, 2.75) is 51.5 Å². The first-order valence-electron chi connectivity index (χ1n) is 9.08. The smallest absolute Gasteiger partial charge is 0.220 e. The third-order valence-electron chi connectivity index (χ3n) is 4.84. The summed E-state index contributed by atoms with van der Waals surface area (Å²) in [6.45, 7) is 3.82. The van der Waals surface area contributed by atoms with Gasteiger partial charge in [-0.05, 0) is 50.2 Å². The lowest BCUT2D eigenvalue weighted by molar-refractivity contribution is -0.122. The van der Waals surface area contributed by atoms with E-state index >= 15 is 0 Å². The van der Waals surface area contributed by atoms with Crippen LogP contribution in [0.1, 0.15) is 57.3 Å². The van der Waals surface area contributed by atoms with Gasteiger partial charge in [-0.3, -0.25) is 4.79 Å². The van der Waals surface area contributed by atoms with Crippen LogP contribution in [0.25, 0.3) is 11.0 Å². The van der Waals surface area contributed by atoms with E-state index in [1.807, 2.05) is 24.3 Å². The Balaban J connectivity index is 1.49. The van der Waals surface area contributed by atoms with Crippen molar-refractivity contribution in [1.29, 1.82) is 0 Å². The Labute approximate surface area is 143 Å². The second-order valence-corrected chi connectivity index (χ2v) is 6.62. The fourth-order valence-electron chi connectivity index (χ4n) is 3.35. The van der Waals surface area contributed by atoms with Gasteiger partial charge >= 0.3 is 0 Å². The summed E-state index contributed by atoms with van der Waals surface area (Å²) >= 11 is 0. The summed E-state index contributed by atoms with van der Waals surface area (Å²) in [7, 11) is 0. The van der Waals surface area contributed by atoms with Gasteiger partial charge in [-0.1, -0.05) is 19.1 Å². The van der Waals surface area contributed by atoms with Crippen molar-refractivity contribution >= 4 is 16.9 Å². The minimum atomic E-state index is -0.0482. The van der Waals surface area contributed by atoms with E-state index in [0.29, 0.717) is 6.42 Å². The number of aromatic nitrogens is 2. The number of benzene rings is 1. The summed E-state index contributed by atoms with van der Waals surface area (Å²) in [5.74, 6) is 1.69. The topological polar surface area (TPSA) is 67.0 Å². The Morgan fingerprint density at radius 3 is 2.92 bits per heavy atom. The van der Waals surface area contributed by atoms with Crippen molar-refractivity contribution in [2.24, 2.45) is 5.92 Å². The molecule has 1 aliphatic heterocycles. The molecule has 0 spiro atoms. The van der Waals surface area contributed by atoms with Gasteiger partial charge in [-0.25, -0.2) is 4.98 Å². The molecule has 1 fully saturated rings. The van der Waals surface area contributed by atoms with Crippen LogP contribution >= 0.6 is 0 Å². The van der Waals surface area contributed by atoms with Crippen LogP contribution in [0.3, 0.4) is 0 Å². The molecule has 2 aromatic rings. The number of ether oxygens (including phenoxy) is 1. The zero-order valence-corrected chi connectivity index (χ0v) is 14.4. The van der Waals surface area contributed by atoms with Gasteiger partial charge in [-0.15, -0.1) is 0 Å². The van der Waals surface area contributed by atoms with Crippen molar-refractivity contribution < 1.29 is 9.53 Å². The highest BCUT2D eigenvalue weighted by Gasteiger charge is 2.18. The quantitative estimate of drug-likeness (QED) is 0.813. The maximum absolute atomic E-state index is 12.3. The van der Waals surface area contributed by atoms with Gasteiger partial charge in [0, 0.05) is 19.6 Å². The number of aromatic amines is 1. The Kier molecular flexibility index (Phi) is 5.86. The number of carbonyl (C=O) groups excluding carboxylic acids is 1. The van der Waals surface area contributed by atoms with Crippen molar-refractivity contribution in [2.75, 3.05) is 13.2 Å². The van der Waals surface area contributed by atoms with Gasteiger partial charge in [0.2, 0.25) is 5.91 Å². The molecule has 5 heteroatoms. The van der Waals surface area contributed by atoms with E-state index in [1.165, 1.54) is 0 Å². The van der Waals surface area contributed by atoms with E-state index in [9.17, 15) is 4.79 Å². The molecular weight excluding hydrogens is 302 g/mol. The predicted molar refractivity (Wildman–Crippen MR) is 94.7 cm³/mol. The molecule has 2 N–H and O–H groups in total. The number of hydrogen-bond donors (Lipinski definition) is 2. The molecule has 1 aliphatic rings. The molecule has 1 aromatic heterocycles.